The largest absolute Gasteiger partial charge is 0.344 e. The van der Waals surface area contributed by atoms with Gasteiger partial charge in [0.1, 0.15) is 11.4 Å². The molecule has 5 nitrogen and oxygen atoms in total. The normalized spacial score (nSPS) is 25.2. The summed E-state index contributed by atoms with van der Waals surface area (Å²) < 4.78 is 38.6. The highest BCUT2D eigenvalue weighted by atomic mass is 19.4. The SMILES string of the molecule is CC(C)(C)C.CC1CC2(CCN1C(=O)C1CCC1)N=C(c1ccccc1[B]C(F)(F)F)NC2=O. The Balaban J connectivity index is 0.000000588. The van der Waals surface area contributed by atoms with Crippen LogP contribution in [0.25, 0.3) is 0 Å². The van der Waals surface area contributed by atoms with E-state index in [4.69, 9.17) is 0 Å². The molecule has 1 saturated carbocycles. The molecule has 2 aliphatic heterocycles. The molecule has 2 fully saturated rings. The fourth-order valence-corrected chi connectivity index (χ4v) is 4.41. The van der Waals surface area contributed by atoms with Gasteiger partial charge >= 0.3 is 6.08 Å². The van der Waals surface area contributed by atoms with Gasteiger partial charge < -0.3 is 10.2 Å². The number of piperidine rings is 1. The molecule has 1 radical (unpaired) electrons. The van der Waals surface area contributed by atoms with Gasteiger partial charge in [-0.15, -0.1) is 0 Å². The van der Waals surface area contributed by atoms with Crippen molar-refractivity contribution in [1.82, 2.24) is 10.2 Å². The highest BCUT2D eigenvalue weighted by Crippen LogP contribution is 2.37. The van der Waals surface area contributed by atoms with Crippen molar-refractivity contribution < 1.29 is 22.8 Å². The first-order valence-corrected chi connectivity index (χ1v) is 11.9. The minimum Gasteiger partial charge on any atom is -0.340 e. The van der Waals surface area contributed by atoms with E-state index in [0.717, 1.165) is 19.3 Å². The van der Waals surface area contributed by atoms with E-state index in [1.165, 1.54) is 18.2 Å². The second kappa shape index (κ2) is 9.74. The van der Waals surface area contributed by atoms with Gasteiger partial charge in [-0.1, -0.05) is 63.8 Å². The zero-order valence-electron chi connectivity index (χ0n) is 20.6. The summed E-state index contributed by atoms with van der Waals surface area (Å²) in [7, 11) is 0.213. The van der Waals surface area contributed by atoms with Crippen LogP contribution >= 0.6 is 0 Å². The van der Waals surface area contributed by atoms with E-state index < -0.39 is 11.6 Å². The molecule has 2 amide bonds. The van der Waals surface area contributed by atoms with Crippen LogP contribution in [-0.4, -0.2) is 54.0 Å². The van der Waals surface area contributed by atoms with E-state index in [0.29, 0.717) is 24.8 Å². The van der Waals surface area contributed by atoms with Crippen molar-refractivity contribution in [3.63, 3.8) is 0 Å². The number of nitrogens with zero attached hydrogens (tertiary/aromatic N) is 2. The Hall–Kier alpha value is -2.32. The van der Waals surface area contributed by atoms with Crippen LogP contribution < -0.4 is 10.8 Å². The summed E-state index contributed by atoms with van der Waals surface area (Å²) in [5, 5.41) is 2.69. The molecular weight excluding hydrogens is 442 g/mol. The fraction of sp³-hybridized carbons (Fsp3) is 0.640. The Morgan fingerprint density at radius 1 is 1.18 bits per heavy atom. The Bertz CT molecular complexity index is 947. The summed E-state index contributed by atoms with van der Waals surface area (Å²) in [5.41, 5.74) is -0.325. The summed E-state index contributed by atoms with van der Waals surface area (Å²) >= 11 is 0. The minimum atomic E-state index is -4.47. The lowest BCUT2D eigenvalue weighted by atomic mass is 9.67. The molecular formula is C25H34BF3N3O2. The smallest absolute Gasteiger partial charge is 0.340 e. The number of alkyl halides is 3. The van der Waals surface area contributed by atoms with Crippen molar-refractivity contribution in [2.75, 3.05) is 6.54 Å². The number of aliphatic imine (C=N–C) groups is 1. The lowest BCUT2D eigenvalue weighted by molar-refractivity contribution is -0.144. The fourth-order valence-electron chi connectivity index (χ4n) is 4.41. The summed E-state index contributed by atoms with van der Waals surface area (Å²) in [6.07, 6.45) is -0.821. The van der Waals surface area contributed by atoms with Crippen LogP contribution in [0, 0.1) is 11.3 Å². The zero-order valence-corrected chi connectivity index (χ0v) is 20.6. The number of halogens is 3. The van der Waals surface area contributed by atoms with Crippen LogP contribution in [0.15, 0.2) is 29.3 Å². The molecule has 34 heavy (non-hydrogen) atoms. The molecule has 9 heteroatoms. The number of likely N-dealkylation sites (tertiary alicyclic amines) is 1. The van der Waals surface area contributed by atoms with E-state index in [-0.39, 0.29) is 47.9 Å². The highest BCUT2D eigenvalue weighted by molar-refractivity contribution is 6.57. The lowest BCUT2D eigenvalue weighted by Crippen LogP contribution is -2.56. The topological polar surface area (TPSA) is 61.8 Å². The molecule has 2 unspecified atom stereocenters. The van der Waals surface area contributed by atoms with Gasteiger partial charge in [0, 0.05) is 30.5 Å². The zero-order chi connectivity index (χ0) is 25.3. The number of carbonyl (C=O) groups is 2. The number of rotatable bonds is 3. The first-order valence-electron chi connectivity index (χ1n) is 11.9. The van der Waals surface area contributed by atoms with Crippen LogP contribution in [0.5, 0.6) is 0 Å². The number of amides is 2. The Labute approximate surface area is 200 Å². The third-order valence-electron chi connectivity index (χ3n) is 6.18. The molecule has 2 atom stereocenters. The second-order valence-corrected chi connectivity index (χ2v) is 11.2. The predicted molar refractivity (Wildman–Crippen MR) is 128 cm³/mol. The first kappa shape index (κ1) is 26.3. The highest BCUT2D eigenvalue weighted by Gasteiger charge is 2.50. The molecule has 185 valence electrons. The summed E-state index contributed by atoms with van der Waals surface area (Å²) in [6, 6.07) is 5.86. The average Bonchev–Trinajstić information content (AvgIpc) is 2.93. The van der Waals surface area contributed by atoms with Gasteiger partial charge in [0.25, 0.3) is 13.2 Å². The molecule has 0 bridgehead atoms. The summed E-state index contributed by atoms with van der Waals surface area (Å²) in [5.74, 6) is 0.0908. The van der Waals surface area contributed by atoms with Crippen molar-refractivity contribution in [3.8, 4) is 0 Å². The van der Waals surface area contributed by atoms with Gasteiger partial charge in [0.15, 0.2) is 0 Å². The maximum absolute atomic E-state index is 12.9. The van der Waals surface area contributed by atoms with Crippen molar-refractivity contribution >= 4 is 30.4 Å². The molecule has 1 aromatic rings. The Morgan fingerprint density at radius 2 is 1.79 bits per heavy atom. The number of carbonyl (C=O) groups excluding carboxylic acids is 2. The molecule has 2 heterocycles. The standard InChI is InChI=1S/C20H22BF3N3O2.C5H12/c1-12-11-19(9-10-27(12)17(28)13-5-4-6-13)18(29)25-16(26-19)14-7-2-3-8-15(14)21-20(22,23)24;1-5(2,3)4/h2-3,7-8,12-13H,4-6,9-11H2,1H3,(H,25,26,29);1-4H3. The van der Waals surface area contributed by atoms with Gasteiger partial charge in [-0.05, 0) is 31.6 Å². The first-order chi connectivity index (χ1) is 15.7. The van der Waals surface area contributed by atoms with Gasteiger partial charge in [-0.3, -0.25) is 14.6 Å². The predicted octanol–water partition coefficient (Wildman–Crippen LogP) is 4.01. The van der Waals surface area contributed by atoms with Crippen LogP contribution in [0.1, 0.15) is 72.3 Å². The third-order valence-corrected chi connectivity index (χ3v) is 6.18. The molecule has 3 aliphatic rings. The van der Waals surface area contributed by atoms with Crippen molar-refractivity contribution in [3.05, 3.63) is 29.8 Å². The molecule has 1 spiro atoms. The minimum absolute atomic E-state index is 0.0401. The lowest BCUT2D eigenvalue weighted by Gasteiger charge is -2.43. The van der Waals surface area contributed by atoms with E-state index >= 15 is 0 Å². The maximum Gasteiger partial charge on any atom is 0.344 e. The van der Waals surface area contributed by atoms with Gasteiger partial charge in [-0.25, -0.2) is 0 Å². The summed E-state index contributed by atoms with van der Waals surface area (Å²) in [4.78, 5) is 31.8. The van der Waals surface area contributed by atoms with E-state index in [9.17, 15) is 22.8 Å². The van der Waals surface area contributed by atoms with Crippen LogP contribution in [0.3, 0.4) is 0 Å². The van der Waals surface area contributed by atoms with E-state index in [1.54, 1.807) is 6.07 Å². The van der Waals surface area contributed by atoms with Crippen molar-refractivity contribution in [1.29, 1.82) is 0 Å². The second-order valence-electron chi connectivity index (χ2n) is 11.2. The number of nitrogens with one attached hydrogen (secondary N) is 1. The molecule has 4 rings (SSSR count). The Morgan fingerprint density at radius 3 is 2.32 bits per heavy atom. The van der Waals surface area contributed by atoms with Gasteiger partial charge in [0.2, 0.25) is 5.91 Å². The van der Waals surface area contributed by atoms with Crippen LogP contribution in [0.2, 0.25) is 0 Å². The Kier molecular flexibility index (Phi) is 7.53. The number of benzene rings is 1. The van der Waals surface area contributed by atoms with Crippen molar-refractivity contribution in [2.24, 2.45) is 16.3 Å². The van der Waals surface area contributed by atoms with Crippen LogP contribution in [-0.2, 0) is 9.59 Å². The third kappa shape index (κ3) is 6.42. The van der Waals surface area contributed by atoms with E-state index in [1.807, 2.05) is 11.8 Å². The van der Waals surface area contributed by atoms with Gasteiger partial charge in [-0.2, -0.15) is 13.2 Å². The summed E-state index contributed by atoms with van der Waals surface area (Å²) in [6.45, 7) is 11.1. The van der Waals surface area contributed by atoms with Crippen molar-refractivity contribution in [2.45, 2.75) is 84.4 Å². The molecule has 0 aromatic heterocycles. The molecule has 1 aromatic carbocycles. The average molecular weight is 476 g/mol. The maximum atomic E-state index is 12.9. The quantitative estimate of drug-likeness (QED) is 0.671. The molecule has 1 aliphatic carbocycles. The molecule has 1 saturated heterocycles. The molecule has 1 N–H and O–H groups in total. The van der Waals surface area contributed by atoms with Gasteiger partial charge in [0.05, 0.1) is 0 Å². The van der Waals surface area contributed by atoms with E-state index in [2.05, 4.69) is 38.0 Å². The number of hydrogen-bond acceptors (Lipinski definition) is 3. The number of amidine groups is 1. The number of hydrogen-bond donors (Lipinski definition) is 1. The van der Waals surface area contributed by atoms with Crippen LogP contribution in [0.4, 0.5) is 13.2 Å². The monoisotopic (exact) mass is 476 g/mol.